The quantitative estimate of drug-likeness (QED) is 0.243. The van der Waals surface area contributed by atoms with Gasteiger partial charge in [0, 0.05) is 31.8 Å². The van der Waals surface area contributed by atoms with Crippen LogP contribution in [0.4, 0.5) is 4.79 Å². The van der Waals surface area contributed by atoms with Gasteiger partial charge >= 0.3 is 18.0 Å². The highest BCUT2D eigenvalue weighted by Crippen LogP contribution is 2.27. The molecule has 0 saturated carbocycles. The highest BCUT2D eigenvalue weighted by molar-refractivity contribution is 5.70. The van der Waals surface area contributed by atoms with Crippen molar-refractivity contribution in [2.75, 3.05) is 19.7 Å². The van der Waals surface area contributed by atoms with Crippen LogP contribution in [0.3, 0.4) is 0 Å². The number of rotatable bonds is 6. The molecule has 36 heavy (non-hydrogen) atoms. The van der Waals surface area contributed by atoms with E-state index in [1.54, 1.807) is 24.0 Å². The Morgan fingerprint density at radius 2 is 2.00 bits per heavy atom. The Balaban J connectivity index is 2.13. The van der Waals surface area contributed by atoms with Crippen molar-refractivity contribution in [2.45, 2.75) is 84.2 Å². The summed E-state index contributed by atoms with van der Waals surface area (Å²) in [7, 11) is 0. The number of hydrogen-bond donors (Lipinski definition) is 2. The molecule has 0 aromatic carbocycles. The second-order valence-electron chi connectivity index (χ2n) is 10.1. The third-order valence-electron chi connectivity index (χ3n) is 6.45. The molecule has 0 unspecified atom stereocenters. The van der Waals surface area contributed by atoms with E-state index >= 15 is 0 Å². The number of aliphatic hydroxyl groups is 2. The van der Waals surface area contributed by atoms with Gasteiger partial charge in [-0.3, -0.25) is 9.59 Å². The minimum absolute atomic E-state index is 0.00248. The number of ether oxygens (including phenoxy) is 3. The Kier molecular flexibility index (Phi) is 11.2. The van der Waals surface area contributed by atoms with Crippen LogP contribution in [-0.4, -0.2) is 76.8 Å². The largest absolute Gasteiger partial charge is 0.457 e. The molecule has 2 N–H and O–H groups in total. The second-order valence-corrected chi connectivity index (χ2v) is 10.1. The second kappa shape index (κ2) is 13.6. The summed E-state index contributed by atoms with van der Waals surface area (Å²) in [4.78, 5) is 37.6. The predicted octanol–water partition coefficient (Wildman–Crippen LogP) is 3.30. The molecule has 0 spiro atoms. The topological polar surface area (TPSA) is 123 Å². The van der Waals surface area contributed by atoms with Crippen LogP contribution in [0, 0.1) is 11.8 Å². The molecule has 6 atom stereocenters. The van der Waals surface area contributed by atoms with Crippen molar-refractivity contribution in [3.63, 3.8) is 0 Å². The van der Waals surface area contributed by atoms with Crippen molar-refractivity contribution in [1.82, 2.24) is 4.90 Å². The highest BCUT2D eigenvalue weighted by Gasteiger charge is 2.35. The summed E-state index contributed by atoms with van der Waals surface area (Å²) in [6, 6.07) is 0. The normalized spacial score (nSPS) is 31.9. The third-order valence-corrected chi connectivity index (χ3v) is 6.45. The van der Waals surface area contributed by atoms with Gasteiger partial charge in [0.1, 0.15) is 17.8 Å². The summed E-state index contributed by atoms with van der Waals surface area (Å²) in [6.07, 6.45) is 7.20. The molecule has 0 bridgehead atoms. The van der Waals surface area contributed by atoms with Crippen LogP contribution in [0.1, 0.15) is 60.3 Å². The van der Waals surface area contributed by atoms with E-state index in [1.165, 1.54) is 6.92 Å². The first-order chi connectivity index (χ1) is 16.9. The monoisotopic (exact) mass is 507 g/mol. The van der Waals surface area contributed by atoms with E-state index in [0.717, 1.165) is 25.1 Å². The van der Waals surface area contributed by atoms with Gasteiger partial charge in [0.05, 0.1) is 19.1 Å². The average molecular weight is 508 g/mol. The number of cyclic esters (lactones) is 1. The number of hydrogen-bond acceptors (Lipinski definition) is 8. The third kappa shape index (κ3) is 9.43. The molecule has 2 heterocycles. The Hall–Kier alpha value is -2.65. The zero-order chi connectivity index (χ0) is 26.9. The lowest BCUT2D eigenvalue weighted by molar-refractivity contribution is -0.157. The van der Waals surface area contributed by atoms with Gasteiger partial charge in [-0.05, 0) is 44.8 Å². The maximum Gasteiger partial charge on any atom is 0.409 e. The molecule has 0 aliphatic carbocycles. The molecular formula is C27H41NO8. The maximum absolute atomic E-state index is 12.5. The number of carbonyl (C=O) groups is 3. The average Bonchev–Trinajstić information content (AvgIpc) is 2.75. The zero-order valence-corrected chi connectivity index (χ0v) is 22.0. The minimum Gasteiger partial charge on any atom is -0.457 e. The van der Waals surface area contributed by atoms with Crippen LogP contribution >= 0.6 is 0 Å². The zero-order valence-electron chi connectivity index (χ0n) is 22.0. The van der Waals surface area contributed by atoms with E-state index < -0.39 is 35.9 Å². The van der Waals surface area contributed by atoms with Crippen molar-refractivity contribution in [2.24, 2.45) is 11.8 Å². The number of allylic oxidation sites excluding steroid dienone is 2. The van der Waals surface area contributed by atoms with Crippen LogP contribution in [0.15, 0.2) is 36.0 Å². The molecule has 1 fully saturated rings. The van der Waals surface area contributed by atoms with E-state index in [2.05, 4.69) is 0 Å². The summed E-state index contributed by atoms with van der Waals surface area (Å²) in [5, 5.41) is 21.2. The Bertz CT molecular complexity index is 858. The van der Waals surface area contributed by atoms with Crippen molar-refractivity contribution < 1.29 is 38.8 Å². The summed E-state index contributed by atoms with van der Waals surface area (Å²) < 4.78 is 16.4. The van der Waals surface area contributed by atoms with Gasteiger partial charge in [0.2, 0.25) is 0 Å². The van der Waals surface area contributed by atoms with Crippen LogP contribution in [0.5, 0.6) is 0 Å². The molecule has 0 radical (unpaired) electrons. The van der Waals surface area contributed by atoms with Gasteiger partial charge in [-0.2, -0.15) is 0 Å². The molecule has 1 amide bonds. The van der Waals surface area contributed by atoms with E-state index in [4.69, 9.17) is 14.2 Å². The van der Waals surface area contributed by atoms with Crippen LogP contribution in [0.2, 0.25) is 0 Å². The molecule has 2 aliphatic rings. The minimum atomic E-state index is -1.41. The molecule has 2 rings (SSSR count). The first kappa shape index (κ1) is 29.6. The molecule has 0 aromatic rings. The lowest BCUT2D eigenvalue weighted by Gasteiger charge is -2.32. The van der Waals surface area contributed by atoms with Gasteiger partial charge in [0.15, 0.2) is 0 Å². The summed E-state index contributed by atoms with van der Waals surface area (Å²) in [6.45, 7) is 10.2. The number of nitrogens with zero attached hydrogens (tertiary/aromatic N) is 1. The van der Waals surface area contributed by atoms with E-state index in [9.17, 15) is 24.6 Å². The fourth-order valence-corrected chi connectivity index (χ4v) is 3.97. The SMILES string of the molecule is CC(=O)O[C@H]1/C=C/[C@H](C)[C@@H](/C(C)=C/C=C/[C@@H](C)COC(=O)N2CCC2)OC(=O)C[C@H](O)CC[C@@]1(C)O. The van der Waals surface area contributed by atoms with Gasteiger partial charge in [0.25, 0.3) is 0 Å². The van der Waals surface area contributed by atoms with Crippen molar-refractivity contribution in [3.8, 4) is 0 Å². The first-order valence-corrected chi connectivity index (χ1v) is 12.6. The van der Waals surface area contributed by atoms with Crippen molar-refractivity contribution in [3.05, 3.63) is 36.0 Å². The molecular weight excluding hydrogens is 466 g/mol. The summed E-state index contributed by atoms with van der Waals surface area (Å²) in [5.74, 6) is -1.37. The van der Waals surface area contributed by atoms with Crippen molar-refractivity contribution in [1.29, 1.82) is 0 Å². The molecule has 9 heteroatoms. The maximum atomic E-state index is 12.5. The first-order valence-electron chi connectivity index (χ1n) is 12.6. The molecule has 202 valence electrons. The smallest absolute Gasteiger partial charge is 0.409 e. The van der Waals surface area contributed by atoms with Gasteiger partial charge < -0.3 is 29.3 Å². The molecule has 1 saturated heterocycles. The number of amides is 1. The molecule has 2 aliphatic heterocycles. The van der Waals surface area contributed by atoms with Gasteiger partial charge in [-0.25, -0.2) is 4.79 Å². The number of likely N-dealkylation sites (tertiary alicyclic amines) is 1. The van der Waals surface area contributed by atoms with E-state index in [1.807, 2.05) is 39.0 Å². The number of aliphatic hydroxyl groups excluding tert-OH is 1. The van der Waals surface area contributed by atoms with Gasteiger partial charge in [-0.15, -0.1) is 0 Å². The molecule has 0 aromatic heterocycles. The molecule has 9 nitrogen and oxygen atoms in total. The standard InChI is InChI=1S/C27H41NO8/c1-18(17-34-26(32)28-14-7-15-28)8-6-9-19(2)25-20(3)10-11-23(35-21(4)29)27(5,33)13-12-22(30)16-24(31)36-25/h6,8-11,18,20,22-23,25,30,33H,7,12-17H2,1-5H3/b8-6+,11-10+,19-9+/t18-,20+,22-,23+,25-,27-/m1/s1. The lowest BCUT2D eigenvalue weighted by atomic mass is 9.88. The highest BCUT2D eigenvalue weighted by atomic mass is 16.6. The number of esters is 2. The Morgan fingerprint density at radius 3 is 2.61 bits per heavy atom. The predicted molar refractivity (Wildman–Crippen MR) is 134 cm³/mol. The van der Waals surface area contributed by atoms with Crippen LogP contribution in [-0.2, 0) is 23.8 Å². The van der Waals surface area contributed by atoms with Crippen molar-refractivity contribution >= 4 is 18.0 Å². The van der Waals surface area contributed by atoms with Crippen LogP contribution in [0.25, 0.3) is 0 Å². The lowest BCUT2D eigenvalue weighted by Crippen LogP contribution is -2.42. The van der Waals surface area contributed by atoms with E-state index in [0.29, 0.717) is 0 Å². The summed E-state index contributed by atoms with van der Waals surface area (Å²) in [5.41, 5.74) is -0.645. The van der Waals surface area contributed by atoms with Gasteiger partial charge in [-0.1, -0.05) is 38.2 Å². The number of carbonyl (C=O) groups excluding carboxylic acids is 3. The fourth-order valence-electron chi connectivity index (χ4n) is 3.97. The Labute approximate surface area is 213 Å². The Morgan fingerprint density at radius 1 is 1.31 bits per heavy atom. The van der Waals surface area contributed by atoms with E-state index in [-0.39, 0.29) is 43.8 Å². The van der Waals surface area contributed by atoms with Crippen LogP contribution < -0.4 is 0 Å². The fraction of sp³-hybridized carbons (Fsp3) is 0.667. The summed E-state index contributed by atoms with van der Waals surface area (Å²) >= 11 is 0.